The third kappa shape index (κ3) is 3.77. The molecule has 0 atom stereocenters. The molecule has 0 fully saturated rings. The lowest BCUT2D eigenvalue weighted by Crippen LogP contribution is -2.23. The number of rotatable bonds is 5. The minimum atomic E-state index is -0.199. The SMILES string of the molecule is CSc1ccc(Cl)c(C(=O)NCc2ccc(-n3ccnc3)nc2)c1. The number of hydrogen-bond donors (Lipinski definition) is 1. The van der Waals surface area contributed by atoms with Gasteiger partial charge in [-0.25, -0.2) is 9.97 Å². The first-order chi connectivity index (χ1) is 11.7. The summed E-state index contributed by atoms with van der Waals surface area (Å²) in [5.74, 6) is 0.577. The van der Waals surface area contributed by atoms with Crippen molar-refractivity contribution in [2.45, 2.75) is 11.4 Å². The molecule has 0 aliphatic carbocycles. The molecule has 1 N–H and O–H groups in total. The molecule has 0 bridgehead atoms. The van der Waals surface area contributed by atoms with Crippen molar-refractivity contribution in [1.29, 1.82) is 0 Å². The van der Waals surface area contributed by atoms with Crippen LogP contribution in [0, 0.1) is 0 Å². The maximum Gasteiger partial charge on any atom is 0.253 e. The lowest BCUT2D eigenvalue weighted by Gasteiger charge is -2.09. The summed E-state index contributed by atoms with van der Waals surface area (Å²) in [6.07, 6.45) is 8.89. The first-order valence-corrected chi connectivity index (χ1v) is 8.82. The van der Waals surface area contributed by atoms with Gasteiger partial charge in [-0.05, 0) is 36.1 Å². The molecule has 122 valence electrons. The molecule has 5 nitrogen and oxygen atoms in total. The Bertz CT molecular complexity index is 834. The third-order valence-corrected chi connectivity index (χ3v) is 4.50. The third-order valence-electron chi connectivity index (χ3n) is 3.45. The molecule has 2 heterocycles. The van der Waals surface area contributed by atoms with E-state index in [2.05, 4.69) is 15.3 Å². The zero-order valence-corrected chi connectivity index (χ0v) is 14.5. The van der Waals surface area contributed by atoms with Gasteiger partial charge in [0.05, 0.1) is 10.6 Å². The van der Waals surface area contributed by atoms with Gasteiger partial charge in [0.15, 0.2) is 0 Å². The summed E-state index contributed by atoms with van der Waals surface area (Å²) in [5, 5.41) is 3.31. The van der Waals surface area contributed by atoms with Crippen LogP contribution in [0.25, 0.3) is 5.82 Å². The molecular weight excluding hydrogens is 344 g/mol. The average molecular weight is 359 g/mol. The van der Waals surface area contributed by atoms with Gasteiger partial charge in [0.1, 0.15) is 12.1 Å². The van der Waals surface area contributed by atoms with Gasteiger partial charge in [0.25, 0.3) is 5.91 Å². The van der Waals surface area contributed by atoms with Crippen molar-refractivity contribution in [2.24, 2.45) is 0 Å². The largest absolute Gasteiger partial charge is 0.348 e. The van der Waals surface area contributed by atoms with Crippen LogP contribution in [0.2, 0.25) is 5.02 Å². The minimum absolute atomic E-state index is 0.199. The average Bonchev–Trinajstić information content (AvgIpc) is 3.15. The Morgan fingerprint density at radius 3 is 2.88 bits per heavy atom. The predicted molar refractivity (Wildman–Crippen MR) is 95.8 cm³/mol. The van der Waals surface area contributed by atoms with Crippen LogP contribution in [0.1, 0.15) is 15.9 Å². The van der Waals surface area contributed by atoms with Crippen molar-refractivity contribution in [3.63, 3.8) is 0 Å². The van der Waals surface area contributed by atoms with Gasteiger partial charge >= 0.3 is 0 Å². The standard InChI is InChI=1S/C17H15ClN4OS/c1-24-13-3-4-15(18)14(8-13)17(23)21-10-12-2-5-16(20-9-12)22-7-6-19-11-22/h2-9,11H,10H2,1H3,(H,21,23). The van der Waals surface area contributed by atoms with Crippen molar-refractivity contribution < 1.29 is 4.79 Å². The van der Waals surface area contributed by atoms with Crippen LogP contribution in [0.5, 0.6) is 0 Å². The molecule has 0 saturated carbocycles. The van der Waals surface area contributed by atoms with E-state index in [9.17, 15) is 4.79 Å². The molecule has 1 amide bonds. The van der Waals surface area contributed by atoms with E-state index in [1.165, 1.54) is 0 Å². The highest BCUT2D eigenvalue weighted by atomic mass is 35.5. The fraction of sp³-hybridized carbons (Fsp3) is 0.118. The maximum absolute atomic E-state index is 12.3. The lowest BCUT2D eigenvalue weighted by atomic mass is 10.2. The molecule has 2 aromatic heterocycles. The Morgan fingerprint density at radius 2 is 2.21 bits per heavy atom. The van der Waals surface area contributed by atoms with E-state index in [4.69, 9.17) is 11.6 Å². The number of nitrogens with one attached hydrogen (secondary N) is 1. The zero-order chi connectivity index (χ0) is 16.9. The summed E-state index contributed by atoms with van der Waals surface area (Å²) in [5.41, 5.74) is 1.39. The molecule has 24 heavy (non-hydrogen) atoms. The van der Waals surface area contributed by atoms with Gasteiger partial charge in [0.2, 0.25) is 0 Å². The number of nitrogens with zero attached hydrogens (tertiary/aromatic N) is 3. The number of thioether (sulfide) groups is 1. The van der Waals surface area contributed by atoms with E-state index in [1.807, 2.05) is 35.2 Å². The summed E-state index contributed by atoms with van der Waals surface area (Å²) >= 11 is 7.68. The highest BCUT2D eigenvalue weighted by Crippen LogP contribution is 2.23. The number of hydrogen-bond acceptors (Lipinski definition) is 4. The lowest BCUT2D eigenvalue weighted by molar-refractivity contribution is 0.0951. The number of amides is 1. The van der Waals surface area contributed by atoms with Crippen LogP contribution < -0.4 is 5.32 Å². The van der Waals surface area contributed by atoms with E-state index >= 15 is 0 Å². The molecule has 0 aliphatic rings. The Balaban J connectivity index is 1.66. The van der Waals surface area contributed by atoms with Crippen LogP contribution in [-0.2, 0) is 6.54 Å². The quantitative estimate of drug-likeness (QED) is 0.708. The van der Waals surface area contributed by atoms with E-state index < -0.39 is 0 Å². The molecule has 0 radical (unpaired) electrons. The number of carbonyl (C=O) groups is 1. The van der Waals surface area contributed by atoms with Crippen molar-refractivity contribution in [2.75, 3.05) is 6.26 Å². The summed E-state index contributed by atoms with van der Waals surface area (Å²) in [6, 6.07) is 9.22. The van der Waals surface area contributed by atoms with Crippen molar-refractivity contribution in [3.05, 3.63) is 71.4 Å². The summed E-state index contributed by atoms with van der Waals surface area (Å²) < 4.78 is 1.82. The van der Waals surface area contributed by atoms with Gasteiger partial charge in [-0.15, -0.1) is 11.8 Å². The van der Waals surface area contributed by atoms with Gasteiger partial charge in [-0.1, -0.05) is 17.7 Å². The number of pyridine rings is 1. The van der Waals surface area contributed by atoms with Crippen LogP contribution in [0.15, 0.2) is 60.1 Å². The van der Waals surface area contributed by atoms with Gasteiger partial charge in [-0.2, -0.15) is 0 Å². The second kappa shape index (κ2) is 7.51. The molecule has 1 aromatic carbocycles. The molecule has 3 rings (SSSR count). The highest BCUT2D eigenvalue weighted by Gasteiger charge is 2.11. The van der Waals surface area contributed by atoms with E-state index in [0.717, 1.165) is 16.3 Å². The number of benzene rings is 1. The summed E-state index contributed by atoms with van der Waals surface area (Å²) in [7, 11) is 0. The Labute approximate surface area is 149 Å². The maximum atomic E-state index is 12.3. The van der Waals surface area contributed by atoms with Crippen molar-refractivity contribution in [3.8, 4) is 5.82 Å². The first-order valence-electron chi connectivity index (χ1n) is 7.22. The number of aromatic nitrogens is 3. The monoisotopic (exact) mass is 358 g/mol. The molecule has 0 spiro atoms. The molecular formula is C17H15ClN4OS. The van der Waals surface area contributed by atoms with Gasteiger partial charge in [0, 0.05) is 30.0 Å². The number of imidazole rings is 1. The van der Waals surface area contributed by atoms with Crippen molar-refractivity contribution >= 4 is 29.3 Å². The normalized spacial score (nSPS) is 10.6. The topological polar surface area (TPSA) is 59.8 Å². The van der Waals surface area contributed by atoms with Crippen LogP contribution in [-0.4, -0.2) is 26.7 Å². The molecule has 7 heteroatoms. The van der Waals surface area contributed by atoms with Crippen LogP contribution in [0.4, 0.5) is 0 Å². The molecule has 0 aliphatic heterocycles. The van der Waals surface area contributed by atoms with E-state index in [-0.39, 0.29) is 5.91 Å². The molecule has 0 unspecified atom stereocenters. The van der Waals surface area contributed by atoms with Crippen molar-refractivity contribution in [1.82, 2.24) is 19.9 Å². The Kier molecular flexibility index (Phi) is 5.17. The smallest absolute Gasteiger partial charge is 0.253 e. The number of halogens is 1. The second-order valence-electron chi connectivity index (χ2n) is 5.02. The highest BCUT2D eigenvalue weighted by molar-refractivity contribution is 7.98. The predicted octanol–water partition coefficient (Wildman–Crippen LogP) is 3.57. The van der Waals surface area contributed by atoms with Crippen LogP contribution in [0.3, 0.4) is 0 Å². The number of carbonyl (C=O) groups excluding carboxylic acids is 1. The zero-order valence-electron chi connectivity index (χ0n) is 12.9. The molecule has 0 saturated heterocycles. The Hall–Kier alpha value is -2.31. The first kappa shape index (κ1) is 16.5. The fourth-order valence-corrected chi connectivity index (χ4v) is 2.79. The summed E-state index contributed by atoms with van der Waals surface area (Å²) in [4.78, 5) is 21.7. The van der Waals surface area contributed by atoms with Crippen LogP contribution >= 0.6 is 23.4 Å². The Morgan fingerprint density at radius 1 is 1.33 bits per heavy atom. The second-order valence-corrected chi connectivity index (χ2v) is 6.31. The minimum Gasteiger partial charge on any atom is -0.348 e. The fourth-order valence-electron chi connectivity index (χ4n) is 2.15. The van der Waals surface area contributed by atoms with E-state index in [0.29, 0.717) is 17.1 Å². The summed E-state index contributed by atoms with van der Waals surface area (Å²) in [6.45, 7) is 0.385. The van der Waals surface area contributed by atoms with Gasteiger partial charge < -0.3 is 5.32 Å². The van der Waals surface area contributed by atoms with Gasteiger partial charge in [-0.3, -0.25) is 9.36 Å². The molecule has 3 aromatic rings. The van der Waals surface area contributed by atoms with E-state index in [1.54, 1.807) is 42.6 Å².